The van der Waals surface area contributed by atoms with E-state index < -0.39 is 20.3 Å². The Morgan fingerprint density at radius 2 is 1.55 bits per heavy atom. The van der Waals surface area contributed by atoms with Gasteiger partial charge in [0.1, 0.15) is 12.7 Å². The highest BCUT2D eigenvalue weighted by atomic mass is 28.4. The Morgan fingerprint density at radius 3 is 2.15 bits per heavy atom. The van der Waals surface area contributed by atoms with Gasteiger partial charge in [0.05, 0.1) is 12.2 Å². The van der Waals surface area contributed by atoms with Crippen molar-refractivity contribution in [1.29, 1.82) is 0 Å². The Labute approximate surface area is 320 Å². The summed E-state index contributed by atoms with van der Waals surface area (Å²) in [6.07, 6.45) is 13.7. The lowest BCUT2D eigenvalue weighted by molar-refractivity contribution is -0.204. The number of alkyl halides is 2. The smallest absolute Gasteiger partial charge is 0.306 e. The molecule has 3 fully saturated rings. The van der Waals surface area contributed by atoms with Gasteiger partial charge in [-0.25, -0.2) is 8.78 Å². The number of esters is 1. The molecule has 3 aliphatic rings. The van der Waals surface area contributed by atoms with Crippen molar-refractivity contribution in [3.63, 3.8) is 0 Å². The van der Waals surface area contributed by atoms with Crippen LogP contribution in [0.4, 0.5) is 8.78 Å². The van der Waals surface area contributed by atoms with E-state index in [4.69, 9.17) is 28.1 Å². The van der Waals surface area contributed by atoms with Crippen molar-refractivity contribution in [2.45, 2.75) is 192 Å². The van der Waals surface area contributed by atoms with Crippen molar-refractivity contribution in [2.75, 3.05) is 13.2 Å². The van der Waals surface area contributed by atoms with Crippen LogP contribution < -0.4 is 0 Å². The molecule has 0 amide bonds. The summed E-state index contributed by atoms with van der Waals surface area (Å²) in [6, 6.07) is 9.73. The van der Waals surface area contributed by atoms with Gasteiger partial charge in [0, 0.05) is 38.4 Å². The Balaban J connectivity index is 1.49. The fraction of sp³-hybridized carbons (Fsp3) is 0.791. The SMILES string of the molecule is CCCCC(F)(F)C(C=C[C@@H]1[C@@H](CCCCCCC(=O)OCc2ccccc2)[C@@H](OC2CCCCO2)C[C@H]1OC1CCCCO1)O[Si](C)(C)C(C)(C)C. The predicted octanol–water partition coefficient (Wildman–Crippen LogP) is 11.3. The Morgan fingerprint density at radius 1 is 0.906 bits per heavy atom. The number of ether oxygens (including phenoxy) is 5. The number of unbranched alkanes of at least 4 members (excludes halogenated alkanes) is 4. The highest BCUT2D eigenvalue weighted by Gasteiger charge is 2.48. The van der Waals surface area contributed by atoms with Crippen LogP contribution in [0.25, 0.3) is 0 Å². The van der Waals surface area contributed by atoms with Crippen molar-refractivity contribution in [3.05, 3.63) is 48.0 Å². The Bertz CT molecular complexity index is 1210. The van der Waals surface area contributed by atoms with Crippen LogP contribution in [0, 0.1) is 11.8 Å². The van der Waals surface area contributed by atoms with Gasteiger partial charge in [-0.1, -0.05) is 95.9 Å². The minimum atomic E-state index is -2.99. The van der Waals surface area contributed by atoms with Crippen molar-refractivity contribution in [1.82, 2.24) is 0 Å². The molecule has 0 radical (unpaired) electrons. The second kappa shape index (κ2) is 21.6. The molecule has 0 bridgehead atoms. The van der Waals surface area contributed by atoms with Gasteiger partial charge in [-0.15, -0.1) is 0 Å². The van der Waals surface area contributed by atoms with Gasteiger partial charge in [0.25, 0.3) is 5.92 Å². The molecule has 1 aromatic carbocycles. The molecule has 7 nitrogen and oxygen atoms in total. The first kappa shape index (κ1) is 44.0. The molecule has 1 aliphatic carbocycles. The van der Waals surface area contributed by atoms with E-state index in [0.717, 1.165) is 76.2 Å². The molecule has 0 N–H and O–H groups in total. The van der Waals surface area contributed by atoms with Gasteiger partial charge in [-0.05, 0) is 87.4 Å². The minimum Gasteiger partial charge on any atom is -0.461 e. The largest absolute Gasteiger partial charge is 0.461 e. The molecule has 10 heteroatoms. The molecular formula is C43H70F2O7Si. The number of hydrogen-bond donors (Lipinski definition) is 0. The highest BCUT2D eigenvalue weighted by molar-refractivity contribution is 6.74. The summed E-state index contributed by atoms with van der Waals surface area (Å²) >= 11 is 0. The summed E-state index contributed by atoms with van der Waals surface area (Å²) in [7, 11) is -2.53. The zero-order valence-electron chi connectivity index (χ0n) is 33.6. The molecular weight excluding hydrogens is 695 g/mol. The third-order valence-corrected chi connectivity index (χ3v) is 16.2. The van der Waals surface area contributed by atoms with Crippen molar-refractivity contribution < 1.29 is 41.7 Å². The van der Waals surface area contributed by atoms with Crippen LogP contribution in [0.2, 0.25) is 18.1 Å². The van der Waals surface area contributed by atoms with Crippen LogP contribution in [-0.4, -0.2) is 64.3 Å². The fourth-order valence-electron chi connectivity index (χ4n) is 7.42. The molecule has 1 saturated carbocycles. The van der Waals surface area contributed by atoms with E-state index in [-0.39, 0.29) is 54.1 Å². The third-order valence-electron chi connectivity index (χ3n) is 11.7. The van der Waals surface area contributed by atoms with E-state index in [1.54, 1.807) is 6.08 Å². The normalized spacial score (nSPS) is 26.6. The number of rotatable bonds is 21. The van der Waals surface area contributed by atoms with Gasteiger partial charge in [0.15, 0.2) is 20.9 Å². The average molecular weight is 765 g/mol. The summed E-state index contributed by atoms with van der Waals surface area (Å²) < 4.78 is 69.6. The van der Waals surface area contributed by atoms with E-state index in [1.807, 2.05) is 56.4 Å². The molecule has 53 heavy (non-hydrogen) atoms. The number of halogens is 2. The monoisotopic (exact) mass is 764 g/mol. The molecule has 0 spiro atoms. The zero-order valence-corrected chi connectivity index (χ0v) is 34.6. The lowest BCUT2D eigenvalue weighted by Gasteiger charge is -2.40. The molecule has 2 aliphatic heterocycles. The van der Waals surface area contributed by atoms with Crippen LogP contribution in [0.5, 0.6) is 0 Å². The van der Waals surface area contributed by atoms with E-state index >= 15 is 8.78 Å². The number of benzene rings is 1. The summed E-state index contributed by atoms with van der Waals surface area (Å²) in [6.45, 7) is 14.0. The van der Waals surface area contributed by atoms with Gasteiger partial charge in [-0.3, -0.25) is 4.79 Å². The lowest BCUT2D eigenvalue weighted by atomic mass is 9.87. The summed E-state index contributed by atoms with van der Waals surface area (Å²) in [5.74, 6) is -3.26. The molecule has 2 saturated heterocycles. The van der Waals surface area contributed by atoms with Crippen molar-refractivity contribution in [2.24, 2.45) is 11.8 Å². The van der Waals surface area contributed by atoms with E-state index in [2.05, 4.69) is 20.8 Å². The quantitative estimate of drug-likeness (QED) is 0.0534. The van der Waals surface area contributed by atoms with Gasteiger partial charge < -0.3 is 28.1 Å². The summed E-state index contributed by atoms with van der Waals surface area (Å²) in [5, 5.41) is -0.211. The molecule has 2 heterocycles. The second-order valence-corrected chi connectivity index (χ2v) is 21.8. The molecule has 0 aromatic heterocycles. The first-order valence-electron chi connectivity index (χ1n) is 20.8. The molecule has 7 atom stereocenters. The lowest BCUT2D eigenvalue weighted by Crippen LogP contribution is -2.48. The van der Waals surface area contributed by atoms with Crippen LogP contribution in [0.15, 0.2) is 42.5 Å². The maximum absolute atomic E-state index is 16.1. The fourth-order valence-corrected chi connectivity index (χ4v) is 8.66. The summed E-state index contributed by atoms with van der Waals surface area (Å²) in [5.41, 5.74) is 0.983. The molecule has 4 rings (SSSR count). The average Bonchev–Trinajstić information content (AvgIpc) is 3.44. The molecule has 302 valence electrons. The van der Waals surface area contributed by atoms with Crippen LogP contribution in [0.3, 0.4) is 0 Å². The highest BCUT2D eigenvalue weighted by Crippen LogP contribution is 2.45. The van der Waals surface area contributed by atoms with Crippen LogP contribution in [-0.2, 0) is 39.5 Å². The van der Waals surface area contributed by atoms with Crippen LogP contribution >= 0.6 is 0 Å². The first-order valence-corrected chi connectivity index (χ1v) is 23.7. The van der Waals surface area contributed by atoms with Gasteiger partial charge in [0.2, 0.25) is 0 Å². The van der Waals surface area contributed by atoms with E-state index in [1.165, 1.54) is 0 Å². The number of carbonyl (C=O) groups excluding carboxylic acids is 1. The summed E-state index contributed by atoms with van der Waals surface area (Å²) in [4.78, 5) is 12.4. The number of carbonyl (C=O) groups is 1. The number of hydrogen-bond acceptors (Lipinski definition) is 7. The Kier molecular flexibility index (Phi) is 17.9. The Hall–Kier alpha value is -1.69. The predicted molar refractivity (Wildman–Crippen MR) is 208 cm³/mol. The zero-order chi connectivity index (χ0) is 38.3. The topological polar surface area (TPSA) is 72.5 Å². The van der Waals surface area contributed by atoms with Gasteiger partial charge >= 0.3 is 5.97 Å². The minimum absolute atomic E-state index is 0.0546. The van der Waals surface area contributed by atoms with Gasteiger partial charge in [-0.2, -0.15) is 0 Å². The molecule has 3 unspecified atom stereocenters. The third kappa shape index (κ3) is 14.4. The second-order valence-electron chi connectivity index (χ2n) is 17.1. The van der Waals surface area contributed by atoms with Crippen LogP contribution in [0.1, 0.15) is 136 Å². The van der Waals surface area contributed by atoms with E-state index in [9.17, 15) is 4.79 Å². The molecule has 1 aromatic rings. The standard InChI is InChI=1S/C43H70F2O7Si/c1-7-8-28-43(44,45)38(52-53(5,6)42(2,3)4)27-26-35-34(22-14-9-10-15-23-39(46)49-32-33-20-12-11-13-21-33)36(50-40-24-16-18-29-47-40)31-37(35)51-41-25-17-19-30-48-41/h11-13,20-21,26-27,34-38,40-41H,7-10,14-19,22-25,28-32H2,1-6H3/t34-,35-,36+,37-,38?,40?,41?/m1/s1. The van der Waals surface area contributed by atoms with Crippen molar-refractivity contribution in [3.8, 4) is 0 Å². The maximum atomic E-state index is 16.1. The van der Waals surface area contributed by atoms with Crippen molar-refractivity contribution >= 4 is 14.3 Å². The maximum Gasteiger partial charge on any atom is 0.306 e. The van der Waals surface area contributed by atoms with E-state index in [0.29, 0.717) is 45.5 Å². The first-order chi connectivity index (χ1) is 25.3.